The molecule has 1 N–H and O–H groups in total. The van der Waals surface area contributed by atoms with Crippen molar-refractivity contribution in [2.45, 2.75) is 92.4 Å². The molecule has 0 unspecified atom stereocenters. The fourth-order valence-corrected chi connectivity index (χ4v) is 6.09. The van der Waals surface area contributed by atoms with E-state index in [1.54, 1.807) is 11.3 Å². The van der Waals surface area contributed by atoms with Crippen LogP contribution in [0.25, 0.3) is 16.2 Å². The van der Waals surface area contributed by atoms with Crippen molar-refractivity contribution >= 4 is 33.4 Å². The molecule has 34 heavy (non-hydrogen) atoms. The summed E-state index contributed by atoms with van der Waals surface area (Å²) in [4.78, 5) is 13.8. The van der Waals surface area contributed by atoms with E-state index in [4.69, 9.17) is 0 Å². The minimum absolute atomic E-state index is 0.0406. The van der Waals surface area contributed by atoms with Gasteiger partial charge in [0, 0.05) is 21.7 Å². The first-order valence-electron chi connectivity index (χ1n) is 13.2. The number of fused-ring (bicyclic) bond motifs is 1. The summed E-state index contributed by atoms with van der Waals surface area (Å²) in [7, 11) is 0. The van der Waals surface area contributed by atoms with Gasteiger partial charge < -0.3 is 5.32 Å². The van der Waals surface area contributed by atoms with Crippen molar-refractivity contribution in [2.75, 3.05) is 6.54 Å². The van der Waals surface area contributed by atoms with Gasteiger partial charge in [-0.15, -0.1) is 11.3 Å². The summed E-state index contributed by atoms with van der Waals surface area (Å²) < 4.78 is 1.17. The molecule has 1 aliphatic carbocycles. The van der Waals surface area contributed by atoms with Crippen LogP contribution < -0.4 is 5.32 Å². The van der Waals surface area contributed by atoms with E-state index in [-0.39, 0.29) is 11.3 Å². The van der Waals surface area contributed by atoms with Crippen LogP contribution in [0.15, 0.2) is 53.1 Å². The van der Waals surface area contributed by atoms with Crippen molar-refractivity contribution in [3.05, 3.63) is 63.6 Å². The molecule has 0 saturated carbocycles. The lowest BCUT2D eigenvalue weighted by Crippen LogP contribution is -2.24. The van der Waals surface area contributed by atoms with Gasteiger partial charge in [0.1, 0.15) is 0 Å². The van der Waals surface area contributed by atoms with Crippen LogP contribution in [0.1, 0.15) is 108 Å². The number of rotatable bonds is 11. The molecule has 0 bridgehead atoms. The molecule has 1 amide bonds. The van der Waals surface area contributed by atoms with Crippen LogP contribution in [0.2, 0.25) is 0 Å². The van der Waals surface area contributed by atoms with Gasteiger partial charge in [0.05, 0.1) is 0 Å². The highest BCUT2D eigenvalue weighted by Crippen LogP contribution is 2.41. The van der Waals surface area contributed by atoms with Gasteiger partial charge in [-0.1, -0.05) is 76.7 Å². The van der Waals surface area contributed by atoms with Crippen molar-refractivity contribution in [3.63, 3.8) is 0 Å². The van der Waals surface area contributed by atoms with Gasteiger partial charge in [0.2, 0.25) is 0 Å². The van der Waals surface area contributed by atoms with Gasteiger partial charge in [0.25, 0.3) is 5.91 Å². The van der Waals surface area contributed by atoms with Crippen LogP contribution in [0.4, 0.5) is 0 Å². The molecule has 0 aliphatic heterocycles. The zero-order chi connectivity index (χ0) is 24.6. The summed E-state index contributed by atoms with van der Waals surface area (Å²) in [5, 5.41) is 4.29. The number of hydrogen-bond acceptors (Lipinski definition) is 2. The van der Waals surface area contributed by atoms with E-state index in [9.17, 15) is 4.79 Å². The zero-order valence-corrected chi connectivity index (χ0v) is 22.7. The molecular weight excluding hydrogens is 434 g/mol. The molecule has 3 heteroatoms. The topological polar surface area (TPSA) is 29.1 Å². The molecule has 3 rings (SSSR count). The maximum Gasteiger partial charge on any atom is 0.251 e. The minimum atomic E-state index is 0.0406. The van der Waals surface area contributed by atoms with Crippen LogP contribution in [0, 0.1) is 5.41 Å². The maximum atomic E-state index is 12.6. The van der Waals surface area contributed by atoms with E-state index in [0.717, 1.165) is 18.5 Å². The Morgan fingerprint density at radius 1 is 1.12 bits per heavy atom. The Bertz CT molecular complexity index is 1070. The molecule has 0 saturated heterocycles. The maximum absolute atomic E-state index is 12.6. The molecule has 0 radical (unpaired) electrons. The lowest BCUT2D eigenvalue weighted by molar-refractivity contribution is 0.0953. The van der Waals surface area contributed by atoms with Gasteiger partial charge in [-0.25, -0.2) is 0 Å². The van der Waals surface area contributed by atoms with Gasteiger partial charge in [-0.2, -0.15) is 0 Å². The standard InChI is InChI=1S/C31H43NOS/c1-6-7-8-9-10-11-19-32-30(33)26-16-15-25-21-27(34-29(25)22-26)20-23(2)14-17-28-24(3)13-12-18-31(28,4)5/h14-17,20-22H,6-13,18-19H2,1-5H3,(H,32,33)/b17-14?,23-20+. The fraction of sp³-hybridized carbons (Fsp3) is 0.516. The largest absolute Gasteiger partial charge is 0.352 e. The Morgan fingerprint density at radius 2 is 1.88 bits per heavy atom. The minimum Gasteiger partial charge on any atom is -0.352 e. The molecule has 1 heterocycles. The molecule has 0 fully saturated rings. The smallest absolute Gasteiger partial charge is 0.251 e. The fourth-order valence-electron chi connectivity index (χ4n) is 4.97. The molecule has 1 aliphatic rings. The van der Waals surface area contributed by atoms with E-state index < -0.39 is 0 Å². The molecule has 0 atom stereocenters. The third-order valence-corrected chi connectivity index (χ3v) is 8.09. The van der Waals surface area contributed by atoms with E-state index in [2.05, 4.69) is 70.3 Å². The lowest BCUT2D eigenvalue weighted by atomic mass is 9.72. The van der Waals surface area contributed by atoms with Crippen LogP contribution >= 0.6 is 11.3 Å². The number of unbranched alkanes of at least 4 members (excludes halogenated alkanes) is 5. The molecule has 1 aromatic heterocycles. The highest BCUT2D eigenvalue weighted by Gasteiger charge is 2.26. The van der Waals surface area contributed by atoms with Crippen molar-refractivity contribution in [2.24, 2.45) is 5.41 Å². The van der Waals surface area contributed by atoms with E-state index >= 15 is 0 Å². The monoisotopic (exact) mass is 477 g/mol. The number of nitrogens with one attached hydrogen (secondary N) is 1. The number of benzene rings is 1. The van der Waals surface area contributed by atoms with Crippen molar-refractivity contribution in [3.8, 4) is 0 Å². The average Bonchev–Trinajstić information content (AvgIpc) is 3.18. The first-order chi connectivity index (χ1) is 16.3. The van der Waals surface area contributed by atoms with E-state index in [1.165, 1.54) is 83.0 Å². The Labute approximate surface area is 211 Å². The van der Waals surface area contributed by atoms with Gasteiger partial charge in [-0.05, 0) is 85.8 Å². The van der Waals surface area contributed by atoms with E-state index in [1.807, 2.05) is 12.1 Å². The summed E-state index contributed by atoms with van der Waals surface area (Å²) in [6.45, 7) is 12.2. The Hall–Kier alpha value is -2.13. The quantitative estimate of drug-likeness (QED) is 0.253. The second-order valence-corrected chi connectivity index (χ2v) is 11.7. The normalized spacial score (nSPS) is 16.6. The van der Waals surface area contributed by atoms with E-state index in [0.29, 0.717) is 0 Å². The molecule has 0 spiro atoms. The summed E-state index contributed by atoms with van der Waals surface area (Å²) in [6, 6.07) is 8.29. The Balaban J connectivity index is 1.61. The van der Waals surface area contributed by atoms with Crippen LogP contribution in [-0.4, -0.2) is 12.5 Å². The number of thiophene rings is 1. The Morgan fingerprint density at radius 3 is 2.65 bits per heavy atom. The number of carbonyl (C=O) groups excluding carboxylic acids is 1. The lowest BCUT2D eigenvalue weighted by Gasteiger charge is -2.32. The highest BCUT2D eigenvalue weighted by molar-refractivity contribution is 7.19. The predicted molar refractivity (Wildman–Crippen MR) is 151 cm³/mol. The molecule has 2 nitrogen and oxygen atoms in total. The average molecular weight is 478 g/mol. The van der Waals surface area contributed by atoms with Crippen molar-refractivity contribution in [1.29, 1.82) is 0 Å². The second kappa shape index (κ2) is 12.5. The molecule has 184 valence electrons. The zero-order valence-electron chi connectivity index (χ0n) is 21.9. The predicted octanol–water partition coefficient (Wildman–Crippen LogP) is 9.48. The van der Waals surface area contributed by atoms with Gasteiger partial charge in [0.15, 0.2) is 0 Å². The summed E-state index contributed by atoms with van der Waals surface area (Å²) in [5.41, 5.74) is 5.31. The number of allylic oxidation sites excluding steroid dienone is 5. The number of carbonyl (C=O) groups is 1. The summed E-state index contributed by atoms with van der Waals surface area (Å²) >= 11 is 1.76. The SMILES string of the molecule is CCCCCCCCNC(=O)c1ccc2cc(/C=C(\C)C=CC3=C(C)CCCC3(C)C)sc2c1. The van der Waals surface area contributed by atoms with Crippen LogP contribution in [-0.2, 0) is 0 Å². The van der Waals surface area contributed by atoms with Crippen LogP contribution in [0.5, 0.6) is 0 Å². The highest BCUT2D eigenvalue weighted by atomic mass is 32.1. The van der Waals surface area contributed by atoms with Crippen molar-refractivity contribution < 1.29 is 4.79 Å². The van der Waals surface area contributed by atoms with Crippen LogP contribution in [0.3, 0.4) is 0 Å². The van der Waals surface area contributed by atoms with Gasteiger partial charge in [-0.3, -0.25) is 4.79 Å². The second-order valence-electron chi connectivity index (χ2n) is 10.6. The molecule has 2 aromatic rings. The Kier molecular flexibility index (Phi) is 9.76. The first-order valence-corrected chi connectivity index (χ1v) is 14.0. The van der Waals surface area contributed by atoms with Crippen molar-refractivity contribution in [1.82, 2.24) is 5.32 Å². The third-order valence-electron chi connectivity index (χ3n) is 7.04. The number of amides is 1. The third kappa shape index (κ3) is 7.43. The first kappa shape index (κ1) is 26.5. The summed E-state index contributed by atoms with van der Waals surface area (Å²) in [5.74, 6) is 0.0406. The molecule has 1 aromatic carbocycles. The van der Waals surface area contributed by atoms with Gasteiger partial charge >= 0.3 is 0 Å². The molecular formula is C31H43NOS. The number of hydrogen-bond donors (Lipinski definition) is 1. The summed E-state index contributed by atoms with van der Waals surface area (Å²) in [6.07, 6.45) is 18.0.